The molecule has 1 amide bonds. The first-order chi connectivity index (χ1) is 11.7. The Morgan fingerprint density at radius 3 is 2.68 bits per heavy atom. The number of hydrogen-bond donors (Lipinski definition) is 1. The number of nitrogens with one attached hydrogen (secondary N) is 1. The Morgan fingerprint density at radius 2 is 2.04 bits per heavy atom. The predicted octanol–water partition coefficient (Wildman–Crippen LogP) is 0.917. The van der Waals surface area contributed by atoms with Crippen LogP contribution in [0.2, 0.25) is 0 Å². The Hall–Kier alpha value is -2.09. The van der Waals surface area contributed by atoms with Crippen LogP contribution in [0.4, 0.5) is 0 Å². The summed E-state index contributed by atoms with van der Waals surface area (Å²) in [6, 6.07) is 5.10. The zero-order valence-electron chi connectivity index (χ0n) is 14.6. The number of amides is 1. The summed E-state index contributed by atoms with van der Waals surface area (Å²) in [5.74, 6) is -0.597. The maximum atomic E-state index is 12.0. The molecule has 0 bridgehead atoms. The molecule has 1 saturated heterocycles. The van der Waals surface area contributed by atoms with Gasteiger partial charge in [0.25, 0.3) is 5.91 Å². The molecule has 1 aliphatic rings. The van der Waals surface area contributed by atoms with Crippen LogP contribution in [-0.2, 0) is 24.2 Å². The third kappa shape index (κ3) is 5.45. The lowest BCUT2D eigenvalue weighted by molar-refractivity contribution is -0.156. The monoisotopic (exact) mass is 369 g/mol. The van der Waals surface area contributed by atoms with Crippen molar-refractivity contribution in [2.24, 2.45) is 0 Å². The molecule has 138 valence electrons. The molecular weight excluding hydrogens is 346 g/mol. The van der Waals surface area contributed by atoms with Crippen molar-refractivity contribution in [2.45, 2.75) is 39.3 Å². The molecule has 0 saturated carbocycles. The molecule has 1 aromatic rings. The van der Waals surface area contributed by atoms with Gasteiger partial charge < -0.3 is 14.8 Å². The van der Waals surface area contributed by atoms with E-state index in [2.05, 4.69) is 5.32 Å². The Kier molecular flexibility index (Phi) is 6.05. The topological polar surface area (TPSA) is 98.8 Å². The minimum absolute atomic E-state index is 0.0653. The van der Waals surface area contributed by atoms with Gasteiger partial charge in [-0.25, -0.2) is 13.2 Å². The van der Waals surface area contributed by atoms with Crippen molar-refractivity contribution in [2.75, 3.05) is 18.1 Å². The second-order valence-corrected chi connectivity index (χ2v) is 8.46. The first-order valence-corrected chi connectivity index (χ1v) is 9.89. The van der Waals surface area contributed by atoms with Crippen molar-refractivity contribution >= 4 is 21.7 Å². The Bertz CT molecular complexity index is 758. The van der Waals surface area contributed by atoms with E-state index in [1.807, 2.05) is 26.0 Å². The molecule has 0 spiro atoms. The fourth-order valence-electron chi connectivity index (χ4n) is 2.53. The highest BCUT2D eigenvalue weighted by Crippen LogP contribution is 2.20. The number of esters is 1. The largest absolute Gasteiger partial charge is 0.482 e. The van der Waals surface area contributed by atoms with Crippen LogP contribution in [0.5, 0.6) is 5.75 Å². The van der Waals surface area contributed by atoms with Crippen molar-refractivity contribution in [1.29, 1.82) is 0 Å². The van der Waals surface area contributed by atoms with Gasteiger partial charge in [0, 0.05) is 6.04 Å². The SMILES string of the molecule is Cc1cccc(OCC(=O)O[C@H](C)C(=O)N[C@@H]2CCS(=O)(=O)C2)c1C. The van der Waals surface area contributed by atoms with Gasteiger partial charge in [-0.2, -0.15) is 0 Å². The lowest BCUT2D eigenvalue weighted by Gasteiger charge is -2.17. The summed E-state index contributed by atoms with van der Waals surface area (Å²) in [5.41, 5.74) is 1.98. The van der Waals surface area contributed by atoms with Gasteiger partial charge in [0.15, 0.2) is 22.5 Å². The second kappa shape index (κ2) is 7.86. The normalized spacial score (nSPS) is 19.9. The Morgan fingerprint density at radius 1 is 1.32 bits per heavy atom. The molecule has 1 aliphatic heterocycles. The highest BCUT2D eigenvalue weighted by molar-refractivity contribution is 7.91. The van der Waals surface area contributed by atoms with Crippen LogP contribution in [0.1, 0.15) is 24.5 Å². The average molecular weight is 369 g/mol. The van der Waals surface area contributed by atoms with Crippen LogP contribution >= 0.6 is 0 Å². The third-order valence-corrected chi connectivity index (χ3v) is 5.92. The molecule has 25 heavy (non-hydrogen) atoms. The highest BCUT2D eigenvalue weighted by atomic mass is 32.2. The van der Waals surface area contributed by atoms with Crippen molar-refractivity contribution < 1.29 is 27.5 Å². The van der Waals surface area contributed by atoms with E-state index in [4.69, 9.17) is 9.47 Å². The second-order valence-electron chi connectivity index (χ2n) is 6.23. The van der Waals surface area contributed by atoms with Gasteiger partial charge in [0.1, 0.15) is 5.75 Å². The maximum absolute atomic E-state index is 12.0. The van der Waals surface area contributed by atoms with Crippen molar-refractivity contribution in [3.8, 4) is 5.75 Å². The van der Waals surface area contributed by atoms with Crippen LogP contribution in [0.3, 0.4) is 0 Å². The minimum Gasteiger partial charge on any atom is -0.482 e. The number of carbonyl (C=O) groups excluding carboxylic acids is 2. The van der Waals surface area contributed by atoms with E-state index in [1.54, 1.807) is 6.07 Å². The lowest BCUT2D eigenvalue weighted by atomic mass is 10.1. The van der Waals surface area contributed by atoms with Crippen LogP contribution in [0, 0.1) is 13.8 Å². The molecule has 1 N–H and O–H groups in total. The fraction of sp³-hybridized carbons (Fsp3) is 0.529. The van der Waals surface area contributed by atoms with E-state index in [1.165, 1.54) is 6.92 Å². The first-order valence-electron chi connectivity index (χ1n) is 8.07. The summed E-state index contributed by atoms with van der Waals surface area (Å²) >= 11 is 0. The third-order valence-electron chi connectivity index (χ3n) is 4.16. The number of ether oxygens (including phenoxy) is 2. The summed E-state index contributed by atoms with van der Waals surface area (Å²) in [5, 5.41) is 2.59. The van der Waals surface area contributed by atoms with E-state index in [0.29, 0.717) is 12.2 Å². The standard InChI is InChI=1S/C17H23NO6S/c1-11-5-4-6-15(12(11)2)23-9-16(19)24-13(3)17(20)18-14-7-8-25(21,22)10-14/h4-6,13-14H,7-10H2,1-3H3,(H,18,20)/t13-,14-/m1/s1. The summed E-state index contributed by atoms with van der Waals surface area (Å²) in [6.07, 6.45) is -0.636. The molecule has 2 atom stereocenters. The van der Waals surface area contributed by atoms with Crippen LogP contribution in [0.15, 0.2) is 18.2 Å². The van der Waals surface area contributed by atoms with Crippen LogP contribution in [-0.4, -0.2) is 50.6 Å². The molecule has 1 fully saturated rings. The van der Waals surface area contributed by atoms with Gasteiger partial charge in [0.2, 0.25) is 0 Å². The summed E-state index contributed by atoms with van der Waals surface area (Å²) < 4.78 is 33.3. The fourth-order valence-corrected chi connectivity index (χ4v) is 4.20. The molecule has 1 heterocycles. The van der Waals surface area contributed by atoms with Crippen molar-refractivity contribution in [1.82, 2.24) is 5.32 Å². The van der Waals surface area contributed by atoms with Gasteiger partial charge in [-0.15, -0.1) is 0 Å². The van der Waals surface area contributed by atoms with E-state index < -0.39 is 33.9 Å². The Labute approximate surface area is 147 Å². The molecule has 2 rings (SSSR count). The van der Waals surface area contributed by atoms with Gasteiger partial charge in [-0.05, 0) is 44.4 Å². The quantitative estimate of drug-likeness (QED) is 0.749. The zero-order chi connectivity index (χ0) is 18.6. The summed E-state index contributed by atoms with van der Waals surface area (Å²) in [6.45, 7) is 4.96. The number of benzene rings is 1. The summed E-state index contributed by atoms with van der Waals surface area (Å²) in [4.78, 5) is 23.8. The number of aryl methyl sites for hydroxylation is 1. The van der Waals surface area contributed by atoms with Crippen molar-refractivity contribution in [3.05, 3.63) is 29.3 Å². The molecule has 0 radical (unpaired) electrons. The maximum Gasteiger partial charge on any atom is 0.344 e. The van der Waals surface area contributed by atoms with Gasteiger partial charge in [0.05, 0.1) is 11.5 Å². The number of sulfone groups is 1. The molecule has 0 aromatic heterocycles. The number of rotatable bonds is 6. The smallest absolute Gasteiger partial charge is 0.344 e. The van der Waals surface area contributed by atoms with E-state index in [9.17, 15) is 18.0 Å². The minimum atomic E-state index is -3.08. The van der Waals surface area contributed by atoms with Crippen LogP contribution in [0.25, 0.3) is 0 Å². The average Bonchev–Trinajstić information content (AvgIpc) is 2.87. The predicted molar refractivity (Wildman–Crippen MR) is 92.2 cm³/mol. The van der Waals surface area contributed by atoms with E-state index >= 15 is 0 Å². The molecule has 7 nitrogen and oxygen atoms in total. The van der Waals surface area contributed by atoms with Gasteiger partial charge in [-0.1, -0.05) is 12.1 Å². The molecule has 0 aliphatic carbocycles. The molecule has 0 unspecified atom stereocenters. The molecule has 1 aromatic carbocycles. The molecular formula is C17H23NO6S. The zero-order valence-corrected chi connectivity index (χ0v) is 15.4. The van der Waals surface area contributed by atoms with Gasteiger partial charge >= 0.3 is 5.97 Å². The Balaban J connectivity index is 1.79. The van der Waals surface area contributed by atoms with E-state index in [0.717, 1.165) is 11.1 Å². The number of hydrogen-bond acceptors (Lipinski definition) is 6. The first kappa shape index (κ1) is 19.2. The van der Waals surface area contributed by atoms with E-state index in [-0.39, 0.29) is 18.1 Å². The van der Waals surface area contributed by atoms with Gasteiger partial charge in [-0.3, -0.25) is 4.79 Å². The van der Waals surface area contributed by atoms with Crippen LogP contribution < -0.4 is 10.1 Å². The summed E-state index contributed by atoms with van der Waals surface area (Å²) in [7, 11) is -3.08. The highest BCUT2D eigenvalue weighted by Gasteiger charge is 2.30. The lowest BCUT2D eigenvalue weighted by Crippen LogP contribution is -2.43. The molecule has 8 heteroatoms. The number of carbonyl (C=O) groups is 2. The van der Waals surface area contributed by atoms with Crippen molar-refractivity contribution in [3.63, 3.8) is 0 Å².